The zero-order valence-electron chi connectivity index (χ0n) is 17.4. The van der Waals surface area contributed by atoms with Gasteiger partial charge in [-0.1, -0.05) is 19.3 Å². The van der Waals surface area contributed by atoms with Crippen LogP contribution in [0.25, 0.3) is 0 Å². The van der Waals surface area contributed by atoms with Crippen LogP contribution >= 0.6 is 0 Å². The molecule has 164 valence electrons. The molecule has 8 heteroatoms. The molecule has 1 saturated heterocycles. The van der Waals surface area contributed by atoms with E-state index in [1.54, 1.807) is 22.5 Å². The van der Waals surface area contributed by atoms with Gasteiger partial charge in [0, 0.05) is 31.2 Å². The number of nitrogens with one attached hydrogen (secondary N) is 1. The van der Waals surface area contributed by atoms with E-state index in [1.807, 2.05) is 0 Å². The van der Waals surface area contributed by atoms with E-state index in [0.717, 1.165) is 50.5 Å². The predicted octanol–water partition coefficient (Wildman–Crippen LogP) is 2.59. The monoisotopic (exact) mass is 433 g/mol. The molecule has 1 aliphatic carbocycles. The lowest BCUT2D eigenvalue weighted by Crippen LogP contribution is -2.43. The highest BCUT2D eigenvalue weighted by Gasteiger charge is 2.30. The average Bonchev–Trinajstić information content (AvgIpc) is 3.20. The quantitative estimate of drug-likeness (QED) is 0.773. The number of anilines is 1. The van der Waals surface area contributed by atoms with Gasteiger partial charge in [0.15, 0.2) is 0 Å². The molecule has 1 aromatic rings. The molecule has 0 atom stereocenters. The molecule has 3 aliphatic rings. The van der Waals surface area contributed by atoms with Gasteiger partial charge < -0.3 is 10.2 Å². The van der Waals surface area contributed by atoms with Gasteiger partial charge in [-0.15, -0.1) is 0 Å². The number of carbonyl (C=O) groups is 2. The standard InChI is InChI=1S/C22H31N3O4S/c26-21(23-18-8-2-3-9-18)16-25-20-12-11-19(15-17(20)7-6-10-22(25)27)30(28,29)24-13-4-1-5-14-24/h11-12,15,18H,1-10,13-14,16H2,(H,23,26). The molecule has 1 aromatic carbocycles. The summed E-state index contributed by atoms with van der Waals surface area (Å²) in [6.07, 6.45) is 8.74. The van der Waals surface area contributed by atoms with Crippen LogP contribution in [0.2, 0.25) is 0 Å². The maximum atomic E-state index is 13.1. The lowest BCUT2D eigenvalue weighted by molar-refractivity contribution is -0.124. The molecular formula is C22H31N3O4S. The highest BCUT2D eigenvalue weighted by molar-refractivity contribution is 7.89. The van der Waals surface area contributed by atoms with Crippen molar-refractivity contribution in [1.82, 2.24) is 9.62 Å². The van der Waals surface area contributed by atoms with Gasteiger partial charge >= 0.3 is 0 Å². The van der Waals surface area contributed by atoms with E-state index in [2.05, 4.69) is 5.32 Å². The van der Waals surface area contributed by atoms with Crippen LogP contribution in [0, 0.1) is 0 Å². The number of nitrogens with zero attached hydrogens (tertiary/aromatic N) is 2. The summed E-state index contributed by atoms with van der Waals surface area (Å²) < 4.78 is 27.7. The maximum Gasteiger partial charge on any atom is 0.243 e. The fourth-order valence-electron chi connectivity index (χ4n) is 4.80. The van der Waals surface area contributed by atoms with Gasteiger partial charge in [0.2, 0.25) is 21.8 Å². The van der Waals surface area contributed by atoms with Crippen LogP contribution in [0.4, 0.5) is 5.69 Å². The highest BCUT2D eigenvalue weighted by Crippen LogP contribution is 2.31. The first-order valence-corrected chi connectivity index (χ1v) is 12.6. The zero-order valence-corrected chi connectivity index (χ0v) is 18.3. The number of amides is 2. The zero-order chi connectivity index (χ0) is 21.1. The molecule has 1 N–H and O–H groups in total. The van der Waals surface area contributed by atoms with Crippen LogP contribution in [0.15, 0.2) is 23.1 Å². The van der Waals surface area contributed by atoms with Gasteiger partial charge in [-0.05, 0) is 62.3 Å². The maximum absolute atomic E-state index is 13.1. The number of carbonyl (C=O) groups excluding carboxylic acids is 2. The molecule has 2 heterocycles. The molecule has 2 fully saturated rings. The Morgan fingerprint density at radius 2 is 1.73 bits per heavy atom. The summed E-state index contributed by atoms with van der Waals surface area (Å²) in [6, 6.07) is 5.21. The van der Waals surface area contributed by atoms with Gasteiger partial charge in [-0.25, -0.2) is 8.42 Å². The van der Waals surface area contributed by atoms with Crippen LogP contribution in [0.1, 0.15) is 63.4 Å². The Hall–Kier alpha value is -1.93. The Morgan fingerprint density at radius 1 is 1.00 bits per heavy atom. The van der Waals surface area contributed by atoms with Gasteiger partial charge in [0.05, 0.1) is 4.90 Å². The summed E-state index contributed by atoms with van der Waals surface area (Å²) >= 11 is 0. The number of hydrogen-bond donors (Lipinski definition) is 1. The second kappa shape index (κ2) is 9.06. The third-order valence-electron chi connectivity index (χ3n) is 6.45. The van der Waals surface area contributed by atoms with Crippen LogP contribution in [-0.4, -0.2) is 50.2 Å². The number of piperidine rings is 1. The third-order valence-corrected chi connectivity index (χ3v) is 8.35. The molecule has 0 spiro atoms. The number of benzene rings is 1. The number of sulfonamides is 1. The van der Waals surface area contributed by atoms with E-state index in [1.165, 1.54) is 4.90 Å². The largest absolute Gasteiger partial charge is 0.352 e. The number of hydrogen-bond acceptors (Lipinski definition) is 4. The fourth-order valence-corrected chi connectivity index (χ4v) is 6.37. The Balaban J connectivity index is 1.56. The molecule has 0 unspecified atom stereocenters. The predicted molar refractivity (Wildman–Crippen MR) is 115 cm³/mol. The van der Waals surface area contributed by atoms with Gasteiger partial charge in [-0.3, -0.25) is 9.59 Å². The first kappa shape index (κ1) is 21.3. The molecular weight excluding hydrogens is 402 g/mol. The third kappa shape index (κ3) is 4.54. The van der Waals surface area contributed by atoms with Crippen LogP contribution < -0.4 is 10.2 Å². The summed E-state index contributed by atoms with van der Waals surface area (Å²) in [7, 11) is -3.53. The lowest BCUT2D eigenvalue weighted by Gasteiger charge is -2.27. The molecule has 30 heavy (non-hydrogen) atoms. The van der Waals surface area contributed by atoms with Crippen molar-refractivity contribution in [1.29, 1.82) is 0 Å². The Labute approximate surface area is 178 Å². The van der Waals surface area contributed by atoms with Gasteiger partial charge in [0.1, 0.15) is 6.54 Å². The average molecular weight is 434 g/mol. The van der Waals surface area contributed by atoms with Crippen molar-refractivity contribution in [2.24, 2.45) is 0 Å². The Bertz CT molecular complexity index is 903. The van der Waals surface area contributed by atoms with Crippen molar-refractivity contribution in [2.75, 3.05) is 24.5 Å². The van der Waals surface area contributed by atoms with Crippen molar-refractivity contribution < 1.29 is 18.0 Å². The minimum atomic E-state index is -3.53. The molecule has 2 aliphatic heterocycles. The topological polar surface area (TPSA) is 86.8 Å². The summed E-state index contributed by atoms with van der Waals surface area (Å²) in [5.74, 6) is -0.227. The SMILES string of the molecule is O=C(CN1C(=O)CCCc2cc(S(=O)(=O)N3CCCCC3)ccc21)NC1CCCC1. The summed E-state index contributed by atoms with van der Waals surface area (Å²) in [6.45, 7) is 1.11. The van der Waals surface area contributed by atoms with Crippen molar-refractivity contribution in [3.63, 3.8) is 0 Å². The molecule has 1 saturated carbocycles. The number of rotatable bonds is 5. The van der Waals surface area contributed by atoms with E-state index in [9.17, 15) is 18.0 Å². The Kier molecular flexibility index (Phi) is 6.43. The minimum absolute atomic E-state index is 0.0133. The Morgan fingerprint density at radius 3 is 2.47 bits per heavy atom. The van der Waals surface area contributed by atoms with Gasteiger partial charge in [-0.2, -0.15) is 4.31 Å². The molecule has 2 amide bonds. The normalized spacial score (nSPS) is 21.3. The van der Waals surface area contributed by atoms with Crippen molar-refractivity contribution in [3.05, 3.63) is 23.8 Å². The smallest absolute Gasteiger partial charge is 0.243 e. The lowest BCUT2D eigenvalue weighted by atomic mass is 10.1. The minimum Gasteiger partial charge on any atom is -0.352 e. The van der Waals surface area contributed by atoms with Crippen LogP contribution in [0.5, 0.6) is 0 Å². The van der Waals surface area contributed by atoms with Gasteiger partial charge in [0.25, 0.3) is 0 Å². The van der Waals surface area contributed by atoms with Crippen molar-refractivity contribution in [3.8, 4) is 0 Å². The van der Waals surface area contributed by atoms with E-state index in [-0.39, 0.29) is 29.3 Å². The first-order chi connectivity index (χ1) is 14.4. The second-order valence-electron chi connectivity index (χ2n) is 8.64. The van der Waals surface area contributed by atoms with Crippen molar-refractivity contribution in [2.45, 2.75) is 75.1 Å². The summed E-state index contributed by atoms with van der Waals surface area (Å²) in [5, 5.41) is 3.04. The van der Waals surface area contributed by atoms with E-state index >= 15 is 0 Å². The molecule has 4 rings (SSSR count). The van der Waals surface area contributed by atoms with E-state index in [4.69, 9.17) is 0 Å². The molecule has 0 aromatic heterocycles. The first-order valence-electron chi connectivity index (χ1n) is 11.2. The van der Waals surface area contributed by atoms with E-state index in [0.29, 0.717) is 38.0 Å². The number of aryl methyl sites for hydroxylation is 1. The van der Waals surface area contributed by atoms with E-state index < -0.39 is 10.0 Å². The molecule has 0 bridgehead atoms. The van der Waals surface area contributed by atoms with Crippen molar-refractivity contribution >= 4 is 27.5 Å². The molecule has 0 radical (unpaired) electrons. The fraction of sp³-hybridized carbons (Fsp3) is 0.636. The van der Waals surface area contributed by atoms with Crippen LogP contribution in [0.3, 0.4) is 0 Å². The number of fused-ring (bicyclic) bond motifs is 1. The van der Waals surface area contributed by atoms with Crippen LogP contribution in [-0.2, 0) is 26.0 Å². The highest BCUT2D eigenvalue weighted by atomic mass is 32.2. The summed E-state index contributed by atoms with van der Waals surface area (Å²) in [5.41, 5.74) is 1.49. The summed E-state index contributed by atoms with van der Waals surface area (Å²) in [4.78, 5) is 27.1. The second-order valence-corrected chi connectivity index (χ2v) is 10.6. The molecule has 7 nitrogen and oxygen atoms in total.